The van der Waals surface area contributed by atoms with Gasteiger partial charge < -0.3 is 9.88 Å². The lowest BCUT2D eigenvalue weighted by molar-refractivity contribution is -0.121. The molecule has 0 aliphatic heterocycles. The Labute approximate surface area is 143 Å². The molecule has 6 heteroatoms. The predicted molar refractivity (Wildman–Crippen MR) is 93.0 cm³/mol. The van der Waals surface area contributed by atoms with E-state index >= 15 is 0 Å². The van der Waals surface area contributed by atoms with Crippen LogP contribution in [0.4, 0.5) is 0 Å². The number of rotatable bonds is 7. The van der Waals surface area contributed by atoms with E-state index in [0.29, 0.717) is 19.0 Å². The first-order chi connectivity index (χ1) is 11.5. The van der Waals surface area contributed by atoms with Crippen LogP contribution in [0.15, 0.2) is 6.20 Å². The lowest BCUT2D eigenvalue weighted by atomic mass is 10.1. The van der Waals surface area contributed by atoms with E-state index in [4.69, 9.17) is 0 Å². The van der Waals surface area contributed by atoms with Crippen LogP contribution in [0.5, 0.6) is 0 Å². The molecule has 0 bridgehead atoms. The van der Waals surface area contributed by atoms with Gasteiger partial charge >= 0.3 is 0 Å². The van der Waals surface area contributed by atoms with E-state index in [-0.39, 0.29) is 5.91 Å². The minimum Gasteiger partial charge on any atom is -0.356 e. The molecule has 0 unspecified atom stereocenters. The fraction of sp³-hybridized carbons (Fsp3) is 0.611. The summed E-state index contributed by atoms with van der Waals surface area (Å²) >= 11 is 0. The molecule has 1 N–H and O–H groups in total. The number of hydrogen-bond acceptors (Lipinski definition) is 3. The molecule has 0 radical (unpaired) electrons. The molecule has 1 aliphatic rings. The Morgan fingerprint density at radius 1 is 1.29 bits per heavy atom. The van der Waals surface area contributed by atoms with Crippen molar-refractivity contribution in [1.29, 1.82) is 0 Å². The number of amides is 1. The Kier molecular flexibility index (Phi) is 4.73. The lowest BCUT2D eigenvalue weighted by Crippen LogP contribution is -2.26. The number of aryl methyl sites for hydroxylation is 3. The average molecular weight is 329 g/mol. The zero-order chi connectivity index (χ0) is 17.3. The standard InChI is InChI=1S/C18H27N5O/c1-12-11-20-17(23(12)15-5-6-15)9-10-19-18(24)8-7-16-13(2)21-22(4)14(16)3/h11,15H,5-10H2,1-4H3,(H,19,24). The lowest BCUT2D eigenvalue weighted by Gasteiger charge is -2.09. The molecule has 3 rings (SSSR count). The predicted octanol–water partition coefficient (Wildman–Crippen LogP) is 2.17. The summed E-state index contributed by atoms with van der Waals surface area (Å²) in [4.78, 5) is 16.6. The van der Waals surface area contributed by atoms with Crippen LogP contribution in [0.1, 0.15) is 53.8 Å². The molecule has 6 nitrogen and oxygen atoms in total. The molecule has 130 valence electrons. The van der Waals surface area contributed by atoms with Crippen molar-refractivity contribution in [3.05, 3.63) is 34.7 Å². The third kappa shape index (κ3) is 3.52. The van der Waals surface area contributed by atoms with Crippen molar-refractivity contribution in [2.75, 3.05) is 6.54 Å². The molecule has 0 spiro atoms. The van der Waals surface area contributed by atoms with Crippen molar-refractivity contribution in [3.63, 3.8) is 0 Å². The maximum absolute atomic E-state index is 12.1. The van der Waals surface area contributed by atoms with Gasteiger partial charge in [-0.15, -0.1) is 0 Å². The molecule has 2 aromatic heterocycles. The fourth-order valence-electron chi connectivity index (χ4n) is 3.33. The van der Waals surface area contributed by atoms with Gasteiger partial charge in [0.2, 0.25) is 5.91 Å². The Morgan fingerprint density at radius 2 is 2.04 bits per heavy atom. The summed E-state index contributed by atoms with van der Waals surface area (Å²) in [6.45, 7) is 6.80. The second kappa shape index (κ2) is 6.79. The van der Waals surface area contributed by atoms with Gasteiger partial charge in [0.05, 0.1) is 5.69 Å². The van der Waals surface area contributed by atoms with E-state index in [9.17, 15) is 4.79 Å². The fourth-order valence-corrected chi connectivity index (χ4v) is 3.33. The SMILES string of the molecule is Cc1nn(C)c(C)c1CCC(=O)NCCc1ncc(C)n1C1CC1. The Bertz CT molecular complexity index is 739. The smallest absolute Gasteiger partial charge is 0.220 e. The summed E-state index contributed by atoms with van der Waals surface area (Å²) in [5.41, 5.74) is 4.57. The van der Waals surface area contributed by atoms with Crippen LogP contribution in [0.25, 0.3) is 0 Å². The summed E-state index contributed by atoms with van der Waals surface area (Å²) in [6, 6.07) is 0.634. The molecule has 1 saturated carbocycles. The number of nitrogens with zero attached hydrogens (tertiary/aromatic N) is 4. The van der Waals surface area contributed by atoms with E-state index < -0.39 is 0 Å². The molecule has 2 aromatic rings. The zero-order valence-corrected chi connectivity index (χ0v) is 15.1. The highest BCUT2D eigenvalue weighted by molar-refractivity contribution is 5.76. The number of carbonyl (C=O) groups is 1. The van der Waals surface area contributed by atoms with Gasteiger partial charge in [0.15, 0.2) is 0 Å². The van der Waals surface area contributed by atoms with Gasteiger partial charge in [0, 0.05) is 50.1 Å². The van der Waals surface area contributed by atoms with E-state index in [2.05, 4.69) is 26.9 Å². The summed E-state index contributed by atoms with van der Waals surface area (Å²) in [5, 5.41) is 7.42. The van der Waals surface area contributed by atoms with Crippen molar-refractivity contribution >= 4 is 5.91 Å². The Balaban J connectivity index is 1.46. The summed E-state index contributed by atoms with van der Waals surface area (Å²) in [6.07, 6.45) is 6.47. The average Bonchev–Trinajstić information content (AvgIpc) is 3.25. The first-order valence-corrected chi connectivity index (χ1v) is 8.76. The van der Waals surface area contributed by atoms with Crippen LogP contribution in [0.2, 0.25) is 0 Å². The van der Waals surface area contributed by atoms with Crippen molar-refractivity contribution in [3.8, 4) is 0 Å². The van der Waals surface area contributed by atoms with Crippen molar-refractivity contribution in [2.24, 2.45) is 7.05 Å². The summed E-state index contributed by atoms with van der Waals surface area (Å²) in [5.74, 6) is 1.19. The van der Waals surface area contributed by atoms with Crippen LogP contribution in [-0.4, -0.2) is 31.8 Å². The number of nitrogens with one attached hydrogen (secondary N) is 1. The van der Waals surface area contributed by atoms with E-state index in [1.54, 1.807) is 0 Å². The molecule has 1 fully saturated rings. The van der Waals surface area contributed by atoms with Gasteiger partial charge in [-0.3, -0.25) is 9.48 Å². The van der Waals surface area contributed by atoms with Gasteiger partial charge in [0.1, 0.15) is 5.82 Å². The molecule has 24 heavy (non-hydrogen) atoms. The van der Waals surface area contributed by atoms with Crippen molar-refractivity contribution in [2.45, 2.75) is 58.9 Å². The van der Waals surface area contributed by atoms with Gasteiger partial charge in [-0.05, 0) is 45.6 Å². The molecular weight excluding hydrogens is 302 g/mol. The number of hydrogen-bond donors (Lipinski definition) is 1. The van der Waals surface area contributed by atoms with Crippen LogP contribution in [-0.2, 0) is 24.7 Å². The first-order valence-electron chi connectivity index (χ1n) is 8.76. The van der Waals surface area contributed by atoms with Crippen LogP contribution in [0.3, 0.4) is 0 Å². The van der Waals surface area contributed by atoms with E-state index in [0.717, 1.165) is 30.1 Å². The minimum atomic E-state index is 0.0962. The minimum absolute atomic E-state index is 0.0962. The van der Waals surface area contributed by atoms with E-state index in [1.807, 2.05) is 31.8 Å². The van der Waals surface area contributed by atoms with Gasteiger partial charge in [-0.2, -0.15) is 5.10 Å². The highest BCUT2D eigenvalue weighted by Gasteiger charge is 2.26. The van der Waals surface area contributed by atoms with Crippen molar-refractivity contribution < 1.29 is 4.79 Å². The van der Waals surface area contributed by atoms with Crippen molar-refractivity contribution in [1.82, 2.24) is 24.6 Å². The highest BCUT2D eigenvalue weighted by atomic mass is 16.1. The Hall–Kier alpha value is -2.11. The summed E-state index contributed by atoms with van der Waals surface area (Å²) < 4.78 is 4.21. The number of imidazole rings is 1. The topological polar surface area (TPSA) is 64.7 Å². The highest BCUT2D eigenvalue weighted by Crippen LogP contribution is 2.36. The second-order valence-corrected chi connectivity index (χ2v) is 6.79. The molecule has 2 heterocycles. The van der Waals surface area contributed by atoms with Crippen LogP contribution < -0.4 is 5.32 Å². The quantitative estimate of drug-likeness (QED) is 0.847. The monoisotopic (exact) mass is 329 g/mol. The van der Waals surface area contributed by atoms with Gasteiger partial charge in [-0.1, -0.05) is 0 Å². The zero-order valence-electron chi connectivity index (χ0n) is 15.1. The summed E-state index contributed by atoms with van der Waals surface area (Å²) in [7, 11) is 1.94. The van der Waals surface area contributed by atoms with Gasteiger partial charge in [0.25, 0.3) is 0 Å². The maximum Gasteiger partial charge on any atom is 0.220 e. The molecule has 1 amide bonds. The second-order valence-electron chi connectivity index (χ2n) is 6.79. The third-order valence-electron chi connectivity index (χ3n) is 4.90. The molecule has 1 aliphatic carbocycles. The molecule has 0 atom stereocenters. The van der Waals surface area contributed by atoms with Crippen LogP contribution >= 0.6 is 0 Å². The number of carbonyl (C=O) groups excluding carboxylic acids is 1. The van der Waals surface area contributed by atoms with Gasteiger partial charge in [-0.25, -0.2) is 4.98 Å². The third-order valence-corrected chi connectivity index (χ3v) is 4.90. The largest absolute Gasteiger partial charge is 0.356 e. The van der Waals surface area contributed by atoms with E-state index in [1.165, 1.54) is 24.1 Å². The van der Waals surface area contributed by atoms with Crippen LogP contribution in [0, 0.1) is 20.8 Å². The maximum atomic E-state index is 12.1. The molecule has 0 aromatic carbocycles. The Morgan fingerprint density at radius 3 is 2.67 bits per heavy atom. The molecule has 0 saturated heterocycles. The normalized spacial score (nSPS) is 14.2. The molecular formula is C18H27N5O. The first kappa shape index (κ1) is 16.7. The number of aromatic nitrogens is 4.